The molecule has 20 heavy (non-hydrogen) atoms. The molecule has 104 valence electrons. The molecular formula is C16H14BrFO2. The molecule has 4 heteroatoms. The number of benzene rings is 2. The van der Waals surface area contributed by atoms with Gasteiger partial charge in [-0.25, -0.2) is 4.39 Å². The number of rotatable bonds is 4. The Bertz CT molecular complexity index is 653. The standard InChI is InChI=1S/C16H14BrFO2/c1-10-7-16(13(11(2)19)8-15(10)18)20-9-12-5-3-4-6-14(12)17/h3-8H,9H2,1-2H3. The number of ether oxygens (including phenoxy) is 1. The van der Waals surface area contributed by atoms with Crippen molar-refractivity contribution in [1.29, 1.82) is 0 Å². The van der Waals surface area contributed by atoms with Gasteiger partial charge >= 0.3 is 0 Å². The summed E-state index contributed by atoms with van der Waals surface area (Å²) in [6.07, 6.45) is 0. The van der Waals surface area contributed by atoms with E-state index in [1.165, 1.54) is 13.0 Å². The largest absolute Gasteiger partial charge is 0.488 e. The molecule has 0 aliphatic carbocycles. The van der Waals surface area contributed by atoms with E-state index in [4.69, 9.17) is 4.74 Å². The van der Waals surface area contributed by atoms with Crippen molar-refractivity contribution in [1.82, 2.24) is 0 Å². The van der Waals surface area contributed by atoms with Crippen molar-refractivity contribution in [2.24, 2.45) is 0 Å². The van der Waals surface area contributed by atoms with Gasteiger partial charge in [0.15, 0.2) is 5.78 Å². The number of carbonyl (C=O) groups is 1. The summed E-state index contributed by atoms with van der Waals surface area (Å²) in [4.78, 5) is 11.6. The third kappa shape index (κ3) is 3.25. The number of ketones is 1. The van der Waals surface area contributed by atoms with Gasteiger partial charge in [0.1, 0.15) is 18.2 Å². The van der Waals surface area contributed by atoms with E-state index < -0.39 is 5.82 Å². The Labute approximate surface area is 125 Å². The van der Waals surface area contributed by atoms with Gasteiger partial charge < -0.3 is 4.74 Å². The first kappa shape index (κ1) is 14.7. The quantitative estimate of drug-likeness (QED) is 0.758. The fourth-order valence-corrected chi connectivity index (χ4v) is 2.22. The van der Waals surface area contributed by atoms with Gasteiger partial charge in [-0.3, -0.25) is 4.79 Å². The van der Waals surface area contributed by atoms with Crippen LogP contribution in [0, 0.1) is 12.7 Å². The highest BCUT2D eigenvalue weighted by Gasteiger charge is 2.13. The molecule has 0 amide bonds. The Morgan fingerprint density at radius 3 is 2.65 bits per heavy atom. The van der Waals surface area contributed by atoms with Crippen LogP contribution in [0.2, 0.25) is 0 Å². The topological polar surface area (TPSA) is 26.3 Å². The third-order valence-electron chi connectivity index (χ3n) is 2.98. The van der Waals surface area contributed by atoms with E-state index in [2.05, 4.69) is 15.9 Å². The summed E-state index contributed by atoms with van der Waals surface area (Å²) in [5, 5.41) is 0. The van der Waals surface area contributed by atoms with Gasteiger partial charge in [0.2, 0.25) is 0 Å². The van der Waals surface area contributed by atoms with Crippen LogP contribution in [0.3, 0.4) is 0 Å². The van der Waals surface area contributed by atoms with Gasteiger partial charge in [0, 0.05) is 10.0 Å². The second-order valence-electron chi connectivity index (χ2n) is 4.53. The molecule has 2 nitrogen and oxygen atoms in total. The first-order chi connectivity index (χ1) is 9.49. The molecule has 0 spiro atoms. The van der Waals surface area contributed by atoms with E-state index in [1.54, 1.807) is 13.0 Å². The van der Waals surface area contributed by atoms with Crippen molar-refractivity contribution >= 4 is 21.7 Å². The van der Waals surface area contributed by atoms with Crippen molar-refractivity contribution in [2.75, 3.05) is 0 Å². The van der Waals surface area contributed by atoms with E-state index in [0.717, 1.165) is 10.0 Å². The van der Waals surface area contributed by atoms with Gasteiger partial charge in [-0.05, 0) is 37.6 Å². The molecule has 0 bridgehead atoms. The lowest BCUT2D eigenvalue weighted by Crippen LogP contribution is -2.04. The minimum Gasteiger partial charge on any atom is -0.488 e. The molecule has 0 unspecified atom stereocenters. The predicted octanol–water partition coefficient (Wildman–Crippen LogP) is 4.68. The SMILES string of the molecule is CC(=O)c1cc(F)c(C)cc1OCc1ccccc1Br. The van der Waals surface area contributed by atoms with Crippen molar-refractivity contribution in [3.8, 4) is 5.75 Å². The summed E-state index contributed by atoms with van der Waals surface area (Å²) >= 11 is 3.44. The van der Waals surface area contributed by atoms with Crippen LogP contribution in [0.25, 0.3) is 0 Å². The fourth-order valence-electron chi connectivity index (χ4n) is 1.82. The Morgan fingerprint density at radius 1 is 1.30 bits per heavy atom. The number of halogens is 2. The molecular weight excluding hydrogens is 323 g/mol. The van der Waals surface area contributed by atoms with Crippen LogP contribution < -0.4 is 4.74 Å². The van der Waals surface area contributed by atoms with Crippen LogP contribution >= 0.6 is 15.9 Å². The normalized spacial score (nSPS) is 10.4. The summed E-state index contributed by atoms with van der Waals surface area (Å²) in [6.45, 7) is 3.35. The Hall–Kier alpha value is -1.68. The lowest BCUT2D eigenvalue weighted by molar-refractivity contribution is 0.101. The maximum Gasteiger partial charge on any atom is 0.163 e. The highest BCUT2D eigenvalue weighted by Crippen LogP contribution is 2.25. The van der Waals surface area contributed by atoms with Crippen LogP contribution in [-0.2, 0) is 6.61 Å². The molecule has 0 aromatic heterocycles. The molecule has 0 fully saturated rings. The number of hydrogen-bond acceptors (Lipinski definition) is 2. The molecule has 0 aliphatic rings. The van der Waals surface area contributed by atoms with Crippen molar-refractivity contribution in [3.05, 3.63) is 63.4 Å². The van der Waals surface area contributed by atoms with E-state index >= 15 is 0 Å². The highest BCUT2D eigenvalue weighted by atomic mass is 79.9. The first-order valence-corrected chi connectivity index (χ1v) is 6.95. The second kappa shape index (κ2) is 6.18. The summed E-state index contributed by atoms with van der Waals surface area (Å²) in [5.41, 5.74) is 1.68. The van der Waals surface area contributed by atoms with E-state index in [-0.39, 0.29) is 11.3 Å². The van der Waals surface area contributed by atoms with E-state index in [1.807, 2.05) is 24.3 Å². The van der Waals surface area contributed by atoms with Gasteiger partial charge in [-0.15, -0.1) is 0 Å². The first-order valence-electron chi connectivity index (χ1n) is 6.16. The van der Waals surface area contributed by atoms with Crippen LogP contribution in [0.1, 0.15) is 28.4 Å². The van der Waals surface area contributed by atoms with Crippen molar-refractivity contribution in [3.63, 3.8) is 0 Å². The lowest BCUT2D eigenvalue weighted by atomic mass is 10.1. The molecule has 0 saturated carbocycles. The molecule has 0 atom stereocenters. The zero-order valence-electron chi connectivity index (χ0n) is 11.2. The van der Waals surface area contributed by atoms with Crippen molar-refractivity contribution in [2.45, 2.75) is 20.5 Å². The molecule has 2 rings (SSSR count). The Balaban J connectivity index is 2.27. The molecule has 0 N–H and O–H groups in total. The zero-order chi connectivity index (χ0) is 14.7. The van der Waals surface area contributed by atoms with Crippen LogP contribution in [0.15, 0.2) is 40.9 Å². The molecule has 0 heterocycles. The smallest absolute Gasteiger partial charge is 0.163 e. The minimum atomic E-state index is -0.400. The maximum absolute atomic E-state index is 13.5. The molecule has 0 radical (unpaired) electrons. The van der Waals surface area contributed by atoms with E-state index in [0.29, 0.717) is 17.9 Å². The van der Waals surface area contributed by atoms with Crippen LogP contribution in [0.5, 0.6) is 5.75 Å². The van der Waals surface area contributed by atoms with Gasteiger partial charge in [-0.1, -0.05) is 34.1 Å². The third-order valence-corrected chi connectivity index (χ3v) is 3.75. The summed E-state index contributed by atoms with van der Waals surface area (Å²) in [7, 11) is 0. The van der Waals surface area contributed by atoms with Crippen LogP contribution in [0.4, 0.5) is 4.39 Å². The Kier molecular flexibility index (Phi) is 4.55. The molecule has 2 aromatic carbocycles. The average molecular weight is 337 g/mol. The number of carbonyl (C=O) groups excluding carboxylic acids is 1. The Morgan fingerprint density at radius 2 is 2.00 bits per heavy atom. The minimum absolute atomic E-state index is 0.217. The summed E-state index contributed by atoms with van der Waals surface area (Å²) in [6, 6.07) is 10.5. The van der Waals surface area contributed by atoms with Gasteiger partial charge in [-0.2, -0.15) is 0 Å². The lowest BCUT2D eigenvalue weighted by Gasteiger charge is -2.12. The monoisotopic (exact) mass is 336 g/mol. The molecule has 0 saturated heterocycles. The second-order valence-corrected chi connectivity index (χ2v) is 5.39. The highest BCUT2D eigenvalue weighted by molar-refractivity contribution is 9.10. The van der Waals surface area contributed by atoms with Gasteiger partial charge in [0.05, 0.1) is 5.56 Å². The predicted molar refractivity (Wildman–Crippen MR) is 79.6 cm³/mol. The molecule has 0 aliphatic heterocycles. The number of aryl methyl sites for hydroxylation is 1. The number of hydrogen-bond donors (Lipinski definition) is 0. The van der Waals surface area contributed by atoms with E-state index in [9.17, 15) is 9.18 Å². The fraction of sp³-hybridized carbons (Fsp3) is 0.188. The summed E-state index contributed by atoms with van der Waals surface area (Å²) < 4.78 is 20.1. The molecule has 2 aromatic rings. The summed E-state index contributed by atoms with van der Waals surface area (Å²) in [5.74, 6) is -0.207. The zero-order valence-corrected chi connectivity index (χ0v) is 12.8. The maximum atomic E-state index is 13.5. The average Bonchev–Trinajstić information content (AvgIpc) is 2.41. The van der Waals surface area contributed by atoms with Crippen molar-refractivity contribution < 1.29 is 13.9 Å². The van der Waals surface area contributed by atoms with Gasteiger partial charge in [0.25, 0.3) is 0 Å². The number of Topliss-reactive ketones (excluding diaryl/α,β-unsaturated/α-hetero) is 1. The van der Waals surface area contributed by atoms with Crippen LogP contribution in [-0.4, -0.2) is 5.78 Å².